The Hall–Kier alpha value is -3.21. The SMILES string of the molecule is Cc1cc(C)cc(NC(=O)c2ccc(N3C(=O)[C@@H]4[C@H](CC=C[C@@H]4C)C3=O)cc2)c1. The number of fused-ring (bicyclic) bond motifs is 1. The van der Waals surface area contributed by atoms with Gasteiger partial charge in [0.2, 0.25) is 11.8 Å². The third-order valence-corrected chi connectivity index (χ3v) is 5.74. The molecule has 3 atom stereocenters. The number of rotatable bonds is 3. The predicted molar refractivity (Wildman–Crippen MR) is 113 cm³/mol. The van der Waals surface area contributed by atoms with E-state index in [0.29, 0.717) is 17.7 Å². The minimum absolute atomic E-state index is 0.0537. The van der Waals surface area contributed by atoms with Crippen LogP contribution in [0.3, 0.4) is 0 Å². The Morgan fingerprint density at radius 2 is 1.66 bits per heavy atom. The van der Waals surface area contributed by atoms with Crippen LogP contribution in [-0.4, -0.2) is 17.7 Å². The van der Waals surface area contributed by atoms with Gasteiger partial charge in [0.05, 0.1) is 17.5 Å². The first kappa shape index (κ1) is 19.1. The highest BCUT2D eigenvalue weighted by atomic mass is 16.2. The van der Waals surface area contributed by atoms with E-state index in [2.05, 4.69) is 5.32 Å². The lowest BCUT2D eigenvalue weighted by molar-refractivity contribution is -0.122. The zero-order chi connectivity index (χ0) is 20.7. The third kappa shape index (κ3) is 3.48. The summed E-state index contributed by atoms with van der Waals surface area (Å²) in [5, 5.41) is 2.90. The molecule has 0 aromatic heterocycles. The molecule has 5 nitrogen and oxygen atoms in total. The van der Waals surface area contributed by atoms with Crippen LogP contribution in [0.15, 0.2) is 54.6 Å². The number of carbonyl (C=O) groups is 3. The van der Waals surface area contributed by atoms with Gasteiger partial charge in [-0.05, 0) is 73.7 Å². The number of allylic oxidation sites excluding steroid dienone is 2. The molecule has 0 radical (unpaired) electrons. The first-order valence-corrected chi connectivity index (χ1v) is 9.89. The molecule has 1 aliphatic carbocycles. The van der Waals surface area contributed by atoms with E-state index in [1.807, 2.05) is 51.1 Å². The molecule has 1 N–H and O–H groups in total. The van der Waals surface area contributed by atoms with Crippen molar-refractivity contribution in [3.8, 4) is 0 Å². The lowest BCUT2D eigenvalue weighted by Gasteiger charge is -2.22. The standard InChI is InChI=1S/C24H24N2O3/c1-14-11-15(2)13-18(12-14)25-22(27)17-7-9-19(10-8-17)26-23(28)20-6-4-5-16(3)21(20)24(26)29/h4-5,7-13,16,20-21H,6H2,1-3H3,(H,25,27)/t16-,20-,21-/m0/s1. The van der Waals surface area contributed by atoms with Crippen LogP contribution in [0.2, 0.25) is 0 Å². The number of benzene rings is 2. The number of nitrogens with one attached hydrogen (secondary N) is 1. The smallest absolute Gasteiger partial charge is 0.255 e. The van der Waals surface area contributed by atoms with Gasteiger partial charge in [-0.1, -0.05) is 25.1 Å². The molecular weight excluding hydrogens is 364 g/mol. The molecule has 0 bridgehead atoms. The molecule has 0 saturated carbocycles. The number of imide groups is 1. The molecule has 2 aliphatic rings. The maximum atomic E-state index is 12.9. The van der Waals surface area contributed by atoms with Crippen molar-refractivity contribution in [3.63, 3.8) is 0 Å². The highest BCUT2D eigenvalue weighted by Crippen LogP contribution is 2.40. The molecule has 1 fully saturated rings. The van der Waals surface area contributed by atoms with Crippen LogP contribution in [0, 0.1) is 31.6 Å². The Balaban J connectivity index is 1.53. The van der Waals surface area contributed by atoms with Gasteiger partial charge in [-0.15, -0.1) is 0 Å². The second kappa shape index (κ2) is 7.32. The number of nitrogens with zero attached hydrogens (tertiary/aromatic N) is 1. The van der Waals surface area contributed by atoms with Gasteiger partial charge in [-0.25, -0.2) is 0 Å². The highest BCUT2D eigenvalue weighted by molar-refractivity contribution is 6.22. The summed E-state index contributed by atoms with van der Waals surface area (Å²) in [4.78, 5) is 39.5. The van der Waals surface area contributed by atoms with Crippen LogP contribution < -0.4 is 10.2 Å². The molecule has 2 aromatic rings. The maximum absolute atomic E-state index is 12.9. The van der Waals surface area contributed by atoms with Crippen LogP contribution >= 0.6 is 0 Å². The topological polar surface area (TPSA) is 66.5 Å². The van der Waals surface area contributed by atoms with Gasteiger partial charge in [0.15, 0.2) is 0 Å². The Kier molecular flexibility index (Phi) is 4.82. The third-order valence-electron chi connectivity index (χ3n) is 5.74. The summed E-state index contributed by atoms with van der Waals surface area (Å²) in [6.07, 6.45) is 4.60. The minimum atomic E-state index is -0.292. The number of carbonyl (C=O) groups excluding carboxylic acids is 3. The molecule has 148 valence electrons. The summed E-state index contributed by atoms with van der Waals surface area (Å²) in [5.74, 6) is -1.05. The van der Waals surface area contributed by atoms with Gasteiger partial charge < -0.3 is 5.32 Å². The molecule has 1 saturated heterocycles. The fourth-order valence-corrected chi connectivity index (χ4v) is 4.41. The molecule has 29 heavy (non-hydrogen) atoms. The van der Waals surface area contributed by atoms with Crippen LogP contribution in [-0.2, 0) is 9.59 Å². The molecule has 1 heterocycles. The summed E-state index contributed by atoms with van der Waals surface area (Å²) in [6.45, 7) is 5.94. The number of hydrogen-bond donors (Lipinski definition) is 1. The zero-order valence-corrected chi connectivity index (χ0v) is 16.8. The number of aryl methyl sites for hydroxylation is 2. The number of anilines is 2. The van der Waals surface area contributed by atoms with E-state index in [9.17, 15) is 14.4 Å². The van der Waals surface area contributed by atoms with Crippen molar-refractivity contribution < 1.29 is 14.4 Å². The Bertz CT molecular complexity index is 1000. The molecular formula is C24H24N2O3. The molecule has 5 heteroatoms. The van der Waals surface area contributed by atoms with E-state index in [0.717, 1.165) is 16.8 Å². The van der Waals surface area contributed by atoms with Crippen molar-refractivity contribution in [3.05, 3.63) is 71.3 Å². The highest BCUT2D eigenvalue weighted by Gasteiger charge is 2.50. The van der Waals surface area contributed by atoms with Crippen LogP contribution in [0.5, 0.6) is 0 Å². The molecule has 3 amide bonds. The zero-order valence-electron chi connectivity index (χ0n) is 16.8. The lowest BCUT2D eigenvalue weighted by Crippen LogP contribution is -2.31. The molecule has 2 aromatic carbocycles. The number of hydrogen-bond acceptors (Lipinski definition) is 3. The summed E-state index contributed by atoms with van der Waals surface area (Å²) >= 11 is 0. The largest absolute Gasteiger partial charge is 0.322 e. The Morgan fingerprint density at radius 1 is 1.00 bits per heavy atom. The quantitative estimate of drug-likeness (QED) is 0.631. The van der Waals surface area contributed by atoms with Crippen molar-refractivity contribution >= 4 is 29.1 Å². The van der Waals surface area contributed by atoms with Gasteiger partial charge in [0, 0.05) is 11.3 Å². The second-order valence-electron chi connectivity index (χ2n) is 8.04. The molecule has 1 aliphatic heterocycles. The predicted octanol–water partition coefficient (Wildman–Crippen LogP) is 4.26. The van der Waals surface area contributed by atoms with E-state index in [4.69, 9.17) is 0 Å². The average Bonchev–Trinajstić information content (AvgIpc) is 2.92. The van der Waals surface area contributed by atoms with Crippen LogP contribution in [0.25, 0.3) is 0 Å². The molecule has 0 spiro atoms. The van der Waals surface area contributed by atoms with Gasteiger partial charge in [0.1, 0.15) is 0 Å². The van der Waals surface area contributed by atoms with Gasteiger partial charge in [-0.3, -0.25) is 19.3 Å². The second-order valence-corrected chi connectivity index (χ2v) is 8.04. The minimum Gasteiger partial charge on any atom is -0.322 e. The summed E-state index contributed by atoms with van der Waals surface area (Å²) < 4.78 is 0. The fourth-order valence-electron chi connectivity index (χ4n) is 4.41. The lowest BCUT2D eigenvalue weighted by atomic mass is 9.78. The van der Waals surface area contributed by atoms with Crippen molar-refractivity contribution in [2.75, 3.05) is 10.2 Å². The van der Waals surface area contributed by atoms with E-state index < -0.39 is 0 Å². The first-order valence-electron chi connectivity index (χ1n) is 9.89. The van der Waals surface area contributed by atoms with Crippen LogP contribution in [0.4, 0.5) is 11.4 Å². The van der Waals surface area contributed by atoms with Gasteiger partial charge >= 0.3 is 0 Å². The van der Waals surface area contributed by atoms with E-state index >= 15 is 0 Å². The normalized spacial score (nSPS) is 23.3. The Morgan fingerprint density at radius 3 is 2.28 bits per heavy atom. The van der Waals surface area contributed by atoms with Crippen molar-refractivity contribution in [2.24, 2.45) is 17.8 Å². The van der Waals surface area contributed by atoms with E-state index in [-0.39, 0.29) is 35.5 Å². The fraction of sp³-hybridized carbons (Fsp3) is 0.292. The monoisotopic (exact) mass is 388 g/mol. The van der Waals surface area contributed by atoms with Gasteiger partial charge in [-0.2, -0.15) is 0 Å². The summed E-state index contributed by atoms with van der Waals surface area (Å²) in [6, 6.07) is 12.5. The molecule has 0 unspecified atom stereocenters. The van der Waals surface area contributed by atoms with Crippen molar-refractivity contribution in [1.82, 2.24) is 0 Å². The molecule has 4 rings (SSSR count). The number of amides is 3. The van der Waals surface area contributed by atoms with Crippen molar-refractivity contribution in [1.29, 1.82) is 0 Å². The van der Waals surface area contributed by atoms with Crippen molar-refractivity contribution in [2.45, 2.75) is 27.2 Å². The summed E-state index contributed by atoms with van der Waals surface area (Å²) in [5.41, 5.74) is 3.88. The van der Waals surface area contributed by atoms with E-state index in [1.54, 1.807) is 24.3 Å². The van der Waals surface area contributed by atoms with Crippen LogP contribution in [0.1, 0.15) is 34.8 Å². The van der Waals surface area contributed by atoms with E-state index in [1.165, 1.54) is 4.90 Å². The average molecular weight is 388 g/mol. The van der Waals surface area contributed by atoms with Gasteiger partial charge in [0.25, 0.3) is 5.91 Å². The maximum Gasteiger partial charge on any atom is 0.255 e. The summed E-state index contributed by atoms with van der Waals surface area (Å²) in [7, 11) is 0. The first-order chi connectivity index (χ1) is 13.8. The Labute approximate surface area is 170 Å².